The summed E-state index contributed by atoms with van der Waals surface area (Å²) in [6, 6.07) is 2.98. The van der Waals surface area contributed by atoms with E-state index in [9.17, 15) is 5.26 Å². The maximum atomic E-state index is 9.62. The van der Waals surface area contributed by atoms with Gasteiger partial charge in [0.25, 0.3) is 0 Å². The van der Waals surface area contributed by atoms with E-state index in [1.807, 2.05) is 0 Å². The molecule has 1 saturated carbocycles. The third-order valence-electron chi connectivity index (χ3n) is 3.82. The molecule has 3 unspecified atom stereocenters. The highest BCUT2D eigenvalue weighted by atomic mass is 15.0. The summed E-state index contributed by atoms with van der Waals surface area (Å²) in [6.07, 6.45) is 3.46. The molecule has 1 rings (SSSR count). The van der Waals surface area contributed by atoms with Crippen molar-refractivity contribution in [3.05, 3.63) is 0 Å². The monoisotopic (exact) mass is 222 g/mol. The molecule has 16 heavy (non-hydrogen) atoms. The molecular formula is C14H26N2. The molecule has 0 heterocycles. The lowest BCUT2D eigenvalue weighted by Gasteiger charge is -2.45. The van der Waals surface area contributed by atoms with Gasteiger partial charge in [0.05, 0.1) is 6.07 Å². The molecule has 1 N–H and O–H groups in total. The lowest BCUT2D eigenvalue weighted by atomic mass is 9.65. The summed E-state index contributed by atoms with van der Waals surface area (Å²) in [4.78, 5) is 0. The van der Waals surface area contributed by atoms with Gasteiger partial charge in [-0.1, -0.05) is 27.2 Å². The van der Waals surface area contributed by atoms with Crippen LogP contribution >= 0.6 is 0 Å². The summed E-state index contributed by atoms with van der Waals surface area (Å²) < 4.78 is 0. The fourth-order valence-electron chi connectivity index (χ4n) is 3.26. The Kier molecular flexibility index (Phi) is 4.38. The largest absolute Gasteiger partial charge is 0.297 e. The molecule has 0 radical (unpaired) electrons. The van der Waals surface area contributed by atoms with E-state index in [0.717, 1.165) is 6.42 Å². The Morgan fingerprint density at radius 3 is 2.31 bits per heavy atom. The molecule has 1 aliphatic rings. The van der Waals surface area contributed by atoms with Crippen LogP contribution in [-0.2, 0) is 0 Å². The number of hydrogen-bond donors (Lipinski definition) is 1. The van der Waals surface area contributed by atoms with Gasteiger partial charge in [-0.25, -0.2) is 0 Å². The van der Waals surface area contributed by atoms with E-state index < -0.39 is 0 Å². The lowest BCUT2D eigenvalue weighted by Crippen LogP contribution is -2.57. The van der Waals surface area contributed by atoms with Gasteiger partial charge in [0.15, 0.2) is 0 Å². The third-order valence-corrected chi connectivity index (χ3v) is 3.82. The number of rotatable bonds is 3. The van der Waals surface area contributed by atoms with Crippen LogP contribution in [0, 0.1) is 29.1 Å². The average molecular weight is 222 g/mol. The standard InChI is InChI=1S/C14H26N2/c1-10(2)13-7-6-12(5)8-14(13,9-15)16-11(3)4/h10-13,16H,6-8H2,1-5H3. The molecule has 1 aliphatic carbocycles. The predicted octanol–water partition coefficient (Wildman–Crippen LogP) is 3.34. The van der Waals surface area contributed by atoms with Crippen molar-refractivity contribution < 1.29 is 0 Å². The lowest BCUT2D eigenvalue weighted by molar-refractivity contribution is 0.111. The Labute approximate surface area is 100 Å². The quantitative estimate of drug-likeness (QED) is 0.795. The van der Waals surface area contributed by atoms with E-state index in [4.69, 9.17) is 0 Å². The van der Waals surface area contributed by atoms with Crippen molar-refractivity contribution in [2.45, 2.75) is 65.5 Å². The second-order valence-electron chi connectivity index (χ2n) is 6.12. The number of nitriles is 1. The van der Waals surface area contributed by atoms with Crippen LogP contribution in [0.5, 0.6) is 0 Å². The van der Waals surface area contributed by atoms with Gasteiger partial charge in [0.1, 0.15) is 5.54 Å². The number of nitrogens with one attached hydrogen (secondary N) is 1. The topological polar surface area (TPSA) is 35.8 Å². The minimum Gasteiger partial charge on any atom is -0.297 e. The molecule has 3 atom stereocenters. The van der Waals surface area contributed by atoms with Gasteiger partial charge in [-0.15, -0.1) is 0 Å². The second-order valence-corrected chi connectivity index (χ2v) is 6.12. The van der Waals surface area contributed by atoms with Crippen LogP contribution in [0.1, 0.15) is 53.9 Å². The highest BCUT2D eigenvalue weighted by Crippen LogP contribution is 2.40. The van der Waals surface area contributed by atoms with Crippen LogP contribution in [0.2, 0.25) is 0 Å². The second kappa shape index (κ2) is 5.19. The Hall–Kier alpha value is -0.550. The van der Waals surface area contributed by atoms with E-state index in [2.05, 4.69) is 46.0 Å². The van der Waals surface area contributed by atoms with Crippen LogP contribution in [0.3, 0.4) is 0 Å². The summed E-state index contributed by atoms with van der Waals surface area (Å²) in [5, 5.41) is 13.2. The number of nitrogens with zero attached hydrogens (tertiary/aromatic N) is 1. The predicted molar refractivity (Wildman–Crippen MR) is 68.0 cm³/mol. The fourth-order valence-corrected chi connectivity index (χ4v) is 3.26. The van der Waals surface area contributed by atoms with E-state index in [-0.39, 0.29) is 5.54 Å². The van der Waals surface area contributed by atoms with E-state index in [1.54, 1.807) is 0 Å². The van der Waals surface area contributed by atoms with Crippen molar-refractivity contribution in [2.75, 3.05) is 0 Å². The van der Waals surface area contributed by atoms with Crippen LogP contribution in [0.4, 0.5) is 0 Å². The van der Waals surface area contributed by atoms with Crippen molar-refractivity contribution in [3.63, 3.8) is 0 Å². The minimum atomic E-state index is -0.292. The van der Waals surface area contributed by atoms with Crippen molar-refractivity contribution in [3.8, 4) is 6.07 Å². The van der Waals surface area contributed by atoms with Gasteiger partial charge in [-0.3, -0.25) is 5.32 Å². The zero-order valence-corrected chi connectivity index (χ0v) is 11.4. The van der Waals surface area contributed by atoms with Gasteiger partial charge < -0.3 is 0 Å². The van der Waals surface area contributed by atoms with E-state index in [0.29, 0.717) is 23.8 Å². The Balaban J connectivity index is 2.94. The molecule has 0 amide bonds. The Morgan fingerprint density at radius 1 is 1.25 bits per heavy atom. The van der Waals surface area contributed by atoms with Gasteiger partial charge in [0, 0.05) is 6.04 Å². The van der Waals surface area contributed by atoms with Crippen molar-refractivity contribution >= 4 is 0 Å². The van der Waals surface area contributed by atoms with Gasteiger partial charge in [-0.2, -0.15) is 5.26 Å². The summed E-state index contributed by atoms with van der Waals surface area (Å²) in [6.45, 7) is 11.0. The first-order valence-corrected chi connectivity index (χ1v) is 6.60. The fraction of sp³-hybridized carbons (Fsp3) is 0.929. The normalized spacial score (nSPS) is 35.4. The van der Waals surface area contributed by atoms with Crippen LogP contribution in [0.15, 0.2) is 0 Å². The molecule has 0 aliphatic heterocycles. The Bertz CT molecular complexity index is 260. The first-order valence-electron chi connectivity index (χ1n) is 6.60. The van der Waals surface area contributed by atoms with Gasteiger partial charge in [-0.05, 0) is 44.4 Å². The SMILES string of the molecule is CC1CCC(C(C)C)C(C#N)(NC(C)C)C1. The highest BCUT2D eigenvalue weighted by Gasteiger charge is 2.44. The molecule has 1 fully saturated rings. The summed E-state index contributed by atoms with van der Waals surface area (Å²) >= 11 is 0. The van der Waals surface area contributed by atoms with Crippen molar-refractivity contribution in [1.82, 2.24) is 5.32 Å². The van der Waals surface area contributed by atoms with Gasteiger partial charge >= 0.3 is 0 Å². The first-order chi connectivity index (χ1) is 7.41. The van der Waals surface area contributed by atoms with Crippen LogP contribution < -0.4 is 5.32 Å². The minimum absolute atomic E-state index is 0.292. The highest BCUT2D eigenvalue weighted by molar-refractivity contribution is 5.14. The van der Waals surface area contributed by atoms with Crippen LogP contribution in [0.25, 0.3) is 0 Å². The summed E-state index contributed by atoms with van der Waals surface area (Å²) in [7, 11) is 0. The maximum absolute atomic E-state index is 9.62. The van der Waals surface area contributed by atoms with E-state index in [1.165, 1.54) is 12.8 Å². The first kappa shape index (κ1) is 13.5. The molecule has 0 aromatic heterocycles. The molecule has 0 spiro atoms. The molecule has 2 heteroatoms. The molecule has 0 saturated heterocycles. The summed E-state index contributed by atoms with van der Waals surface area (Å²) in [5.74, 6) is 1.75. The molecule has 2 nitrogen and oxygen atoms in total. The molecule has 0 aromatic carbocycles. The summed E-state index contributed by atoms with van der Waals surface area (Å²) in [5.41, 5.74) is -0.292. The van der Waals surface area contributed by atoms with Crippen LogP contribution in [-0.4, -0.2) is 11.6 Å². The van der Waals surface area contributed by atoms with Gasteiger partial charge in [0.2, 0.25) is 0 Å². The number of hydrogen-bond acceptors (Lipinski definition) is 2. The smallest absolute Gasteiger partial charge is 0.110 e. The third kappa shape index (κ3) is 2.77. The molecule has 92 valence electrons. The zero-order chi connectivity index (χ0) is 12.3. The molecular weight excluding hydrogens is 196 g/mol. The van der Waals surface area contributed by atoms with Crippen molar-refractivity contribution in [1.29, 1.82) is 5.26 Å². The zero-order valence-electron chi connectivity index (χ0n) is 11.4. The Morgan fingerprint density at radius 2 is 1.88 bits per heavy atom. The van der Waals surface area contributed by atoms with Crippen molar-refractivity contribution in [2.24, 2.45) is 17.8 Å². The molecule has 0 bridgehead atoms. The average Bonchev–Trinajstić information content (AvgIpc) is 2.16. The molecule has 0 aromatic rings. The van der Waals surface area contributed by atoms with E-state index >= 15 is 0 Å². The maximum Gasteiger partial charge on any atom is 0.110 e.